The number of halogens is 2. The van der Waals surface area contributed by atoms with Crippen LogP contribution in [0.4, 0.5) is 5.95 Å². The quantitative estimate of drug-likeness (QED) is 0.660. The highest BCUT2D eigenvalue weighted by molar-refractivity contribution is 6.33. The molecule has 1 aliphatic heterocycles. The molecule has 0 spiro atoms. The van der Waals surface area contributed by atoms with E-state index >= 15 is 0 Å². The highest BCUT2D eigenvalue weighted by atomic mass is 35.5. The van der Waals surface area contributed by atoms with Crippen LogP contribution in [0.15, 0.2) is 6.07 Å². The standard InChI is InChI=1S/C10H11Cl2N5/c11-8-4-9(12)16-10(15-8)14-7-2-1-3-17(5-7)6-13/h4,7H,1-3,5H2,(H,14,15,16). The highest BCUT2D eigenvalue weighted by Gasteiger charge is 2.19. The van der Waals surface area contributed by atoms with Gasteiger partial charge in [-0.3, -0.25) is 0 Å². The Morgan fingerprint density at radius 3 is 2.76 bits per heavy atom. The molecule has 0 saturated carbocycles. The Balaban J connectivity index is 2.03. The SMILES string of the molecule is N#CN1CCCC(Nc2nc(Cl)cc(Cl)n2)C1. The summed E-state index contributed by atoms with van der Waals surface area (Å²) in [4.78, 5) is 9.79. The van der Waals surface area contributed by atoms with Crippen LogP contribution in [0, 0.1) is 11.5 Å². The number of rotatable bonds is 2. The zero-order chi connectivity index (χ0) is 12.3. The Morgan fingerprint density at radius 1 is 1.41 bits per heavy atom. The Labute approximate surface area is 109 Å². The Kier molecular flexibility index (Phi) is 3.87. The monoisotopic (exact) mass is 271 g/mol. The van der Waals surface area contributed by atoms with Crippen LogP contribution in [0.2, 0.25) is 10.3 Å². The van der Waals surface area contributed by atoms with E-state index < -0.39 is 0 Å². The molecule has 1 aliphatic rings. The van der Waals surface area contributed by atoms with Crippen LogP contribution in [0.5, 0.6) is 0 Å². The molecule has 7 heteroatoms. The smallest absolute Gasteiger partial charge is 0.225 e. The van der Waals surface area contributed by atoms with Gasteiger partial charge in [0.05, 0.1) is 0 Å². The summed E-state index contributed by atoms with van der Waals surface area (Å²) < 4.78 is 0. The van der Waals surface area contributed by atoms with E-state index in [-0.39, 0.29) is 6.04 Å². The van der Waals surface area contributed by atoms with E-state index in [0.717, 1.165) is 19.4 Å². The van der Waals surface area contributed by atoms with Gasteiger partial charge in [-0.2, -0.15) is 5.26 Å². The van der Waals surface area contributed by atoms with Gasteiger partial charge in [-0.05, 0) is 12.8 Å². The number of hydrogen-bond donors (Lipinski definition) is 1. The first-order chi connectivity index (χ1) is 8.17. The molecule has 0 bridgehead atoms. The van der Waals surface area contributed by atoms with Crippen molar-refractivity contribution in [3.8, 4) is 6.19 Å². The third kappa shape index (κ3) is 3.35. The molecule has 5 nitrogen and oxygen atoms in total. The van der Waals surface area contributed by atoms with Gasteiger partial charge in [-0.1, -0.05) is 23.2 Å². The average molecular weight is 272 g/mol. The molecule has 1 aromatic rings. The molecule has 1 saturated heterocycles. The average Bonchev–Trinajstić information content (AvgIpc) is 2.28. The van der Waals surface area contributed by atoms with Crippen LogP contribution >= 0.6 is 23.2 Å². The third-order valence-corrected chi connectivity index (χ3v) is 2.95. The molecular weight excluding hydrogens is 261 g/mol. The van der Waals surface area contributed by atoms with E-state index in [4.69, 9.17) is 28.5 Å². The van der Waals surface area contributed by atoms with Gasteiger partial charge in [0, 0.05) is 25.2 Å². The van der Waals surface area contributed by atoms with Crippen molar-refractivity contribution in [2.75, 3.05) is 18.4 Å². The zero-order valence-electron chi connectivity index (χ0n) is 9.03. The van der Waals surface area contributed by atoms with Crippen LogP contribution < -0.4 is 5.32 Å². The molecular formula is C10H11Cl2N5. The topological polar surface area (TPSA) is 64.8 Å². The summed E-state index contributed by atoms with van der Waals surface area (Å²) >= 11 is 11.6. The second kappa shape index (κ2) is 5.39. The third-order valence-electron chi connectivity index (χ3n) is 2.56. The zero-order valence-corrected chi connectivity index (χ0v) is 10.5. The largest absolute Gasteiger partial charge is 0.350 e. The molecule has 17 heavy (non-hydrogen) atoms. The molecule has 0 aromatic carbocycles. The molecule has 1 fully saturated rings. The van der Waals surface area contributed by atoms with Crippen molar-refractivity contribution in [2.45, 2.75) is 18.9 Å². The van der Waals surface area contributed by atoms with Crippen molar-refractivity contribution < 1.29 is 0 Å². The fraction of sp³-hybridized carbons (Fsp3) is 0.500. The summed E-state index contributed by atoms with van der Waals surface area (Å²) in [6.07, 6.45) is 4.09. The van der Waals surface area contributed by atoms with E-state index in [1.54, 1.807) is 4.90 Å². The van der Waals surface area contributed by atoms with E-state index in [1.165, 1.54) is 6.07 Å². The highest BCUT2D eigenvalue weighted by Crippen LogP contribution is 2.17. The van der Waals surface area contributed by atoms with Crippen LogP contribution in [-0.4, -0.2) is 34.0 Å². The van der Waals surface area contributed by atoms with E-state index in [0.29, 0.717) is 22.8 Å². The summed E-state index contributed by atoms with van der Waals surface area (Å²) in [6.45, 7) is 1.47. The molecule has 0 amide bonds. The number of aromatic nitrogens is 2. The summed E-state index contributed by atoms with van der Waals surface area (Å²) in [5.74, 6) is 0.410. The lowest BCUT2D eigenvalue weighted by atomic mass is 10.1. The fourth-order valence-electron chi connectivity index (χ4n) is 1.82. The van der Waals surface area contributed by atoms with Crippen molar-refractivity contribution in [3.63, 3.8) is 0 Å². The summed E-state index contributed by atoms with van der Waals surface area (Å²) in [5.41, 5.74) is 0. The second-order valence-electron chi connectivity index (χ2n) is 3.87. The van der Waals surface area contributed by atoms with E-state index in [2.05, 4.69) is 21.5 Å². The van der Waals surface area contributed by atoms with Crippen molar-refractivity contribution in [1.29, 1.82) is 5.26 Å². The maximum Gasteiger partial charge on any atom is 0.225 e. The minimum Gasteiger partial charge on any atom is -0.350 e. The minimum absolute atomic E-state index is 0.151. The van der Waals surface area contributed by atoms with Gasteiger partial charge in [0.1, 0.15) is 10.3 Å². The molecule has 1 N–H and O–H groups in total. The molecule has 1 atom stereocenters. The van der Waals surface area contributed by atoms with Gasteiger partial charge < -0.3 is 10.2 Å². The molecule has 1 aromatic heterocycles. The maximum atomic E-state index is 8.84. The maximum absolute atomic E-state index is 8.84. The van der Waals surface area contributed by atoms with E-state index in [9.17, 15) is 0 Å². The number of hydrogen-bond acceptors (Lipinski definition) is 5. The van der Waals surface area contributed by atoms with Gasteiger partial charge in [-0.15, -0.1) is 0 Å². The number of nitrogens with one attached hydrogen (secondary N) is 1. The van der Waals surface area contributed by atoms with Crippen molar-refractivity contribution in [3.05, 3.63) is 16.4 Å². The number of likely N-dealkylation sites (tertiary alicyclic amines) is 1. The van der Waals surface area contributed by atoms with Crippen LogP contribution in [0.25, 0.3) is 0 Å². The van der Waals surface area contributed by atoms with E-state index in [1.807, 2.05) is 0 Å². The Morgan fingerprint density at radius 2 is 2.12 bits per heavy atom. The van der Waals surface area contributed by atoms with Gasteiger partial charge in [0.25, 0.3) is 0 Å². The minimum atomic E-state index is 0.151. The normalized spacial score (nSPS) is 19.8. The van der Waals surface area contributed by atoms with Gasteiger partial charge in [0.15, 0.2) is 6.19 Å². The number of piperidine rings is 1. The molecule has 0 aliphatic carbocycles. The Hall–Kier alpha value is -1.25. The fourth-order valence-corrected chi connectivity index (χ4v) is 2.25. The summed E-state index contributed by atoms with van der Waals surface area (Å²) in [7, 11) is 0. The first kappa shape index (κ1) is 12.2. The summed E-state index contributed by atoms with van der Waals surface area (Å²) in [5, 5.41) is 12.6. The molecule has 0 radical (unpaired) electrons. The first-order valence-corrected chi connectivity index (χ1v) is 6.04. The van der Waals surface area contributed by atoms with Crippen molar-refractivity contribution in [1.82, 2.24) is 14.9 Å². The lowest BCUT2D eigenvalue weighted by Crippen LogP contribution is -2.39. The molecule has 1 unspecified atom stereocenters. The van der Waals surface area contributed by atoms with Crippen molar-refractivity contribution in [2.24, 2.45) is 0 Å². The lowest BCUT2D eigenvalue weighted by Gasteiger charge is -2.29. The molecule has 90 valence electrons. The predicted octanol–water partition coefficient (Wildman–Crippen LogP) is 2.14. The van der Waals surface area contributed by atoms with Gasteiger partial charge >= 0.3 is 0 Å². The second-order valence-corrected chi connectivity index (χ2v) is 4.64. The Bertz CT molecular complexity index is 425. The predicted molar refractivity (Wildman–Crippen MR) is 65.9 cm³/mol. The number of nitriles is 1. The number of nitrogens with zero attached hydrogens (tertiary/aromatic N) is 4. The lowest BCUT2D eigenvalue weighted by molar-refractivity contribution is 0.302. The first-order valence-electron chi connectivity index (χ1n) is 5.28. The number of anilines is 1. The molecule has 2 rings (SSSR count). The van der Waals surface area contributed by atoms with Crippen LogP contribution in [-0.2, 0) is 0 Å². The molecule has 2 heterocycles. The van der Waals surface area contributed by atoms with Gasteiger partial charge in [0.2, 0.25) is 5.95 Å². The van der Waals surface area contributed by atoms with Gasteiger partial charge in [-0.25, -0.2) is 9.97 Å². The van der Waals surface area contributed by atoms with Crippen LogP contribution in [0.3, 0.4) is 0 Å². The van der Waals surface area contributed by atoms with Crippen LogP contribution in [0.1, 0.15) is 12.8 Å². The van der Waals surface area contributed by atoms with Crippen molar-refractivity contribution >= 4 is 29.2 Å². The summed E-state index contributed by atoms with van der Waals surface area (Å²) in [6, 6.07) is 1.63.